The summed E-state index contributed by atoms with van der Waals surface area (Å²) in [5.74, 6) is 0.00684. The average Bonchev–Trinajstić information content (AvgIpc) is 2.41. The Balaban J connectivity index is 1.97. The maximum atomic E-state index is 13.2. The fourth-order valence-electron chi connectivity index (χ4n) is 1.51. The lowest BCUT2D eigenvalue weighted by atomic mass is 10.1. The van der Waals surface area contributed by atoms with E-state index in [1.165, 1.54) is 6.07 Å². The van der Waals surface area contributed by atoms with E-state index >= 15 is 0 Å². The van der Waals surface area contributed by atoms with Crippen molar-refractivity contribution in [1.29, 1.82) is 0 Å². The van der Waals surface area contributed by atoms with Gasteiger partial charge in [0.2, 0.25) is 0 Å². The maximum Gasteiger partial charge on any atom is 0.141 e. The molecule has 1 atom stereocenters. The largest absolute Gasteiger partial charge is 0.490 e. The number of hydrogen-bond donors (Lipinski definition) is 1. The number of hydrogen-bond acceptors (Lipinski definition) is 2. The van der Waals surface area contributed by atoms with Crippen molar-refractivity contribution in [1.82, 2.24) is 0 Å². The lowest BCUT2D eigenvalue weighted by Crippen LogP contribution is -2.09. The van der Waals surface area contributed by atoms with Crippen LogP contribution in [0.2, 0.25) is 0 Å². The molecule has 0 bridgehead atoms. The normalized spacial score (nSPS) is 12.2. The van der Waals surface area contributed by atoms with E-state index in [1.807, 2.05) is 30.3 Å². The molecule has 0 radical (unpaired) electrons. The molecule has 2 nitrogen and oxygen atoms in total. The Morgan fingerprint density at radius 2 is 1.89 bits per heavy atom. The van der Waals surface area contributed by atoms with Crippen LogP contribution < -0.4 is 4.74 Å². The molecule has 0 aromatic heterocycles. The van der Waals surface area contributed by atoms with Gasteiger partial charge in [0.15, 0.2) is 0 Å². The van der Waals surface area contributed by atoms with Crippen LogP contribution in [0.4, 0.5) is 4.39 Å². The first-order chi connectivity index (χ1) is 8.66. The van der Waals surface area contributed by atoms with Crippen LogP contribution in [0.5, 0.6) is 5.75 Å². The summed E-state index contributed by atoms with van der Waals surface area (Å²) in [6.45, 7) is 0.0884. The third-order valence-corrected chi connectivity index (χ3v) is 3.13. The summed E-state index contributed by atoms with van der Waals surface area (Å²) in [6.07, 6.45) is -0.724. The van der Waals surface area contributed by atoms with Crippen molar-refractivity contribution in [3.05, 3.63) is 64.4 Å². The van der Waals surface area contributed by atoms with Crippen molar-refractivity contribution >= 4 is 15.9 Å². The third-order valence-electron chi connectivity index (χ3n) is 2.48. The molecule has 4 heteroatoms. The van der Waals surface area contributed by atoms with Gasteiger partial charge >= 0.3 is 0 Å². The zero-order chi connectivity index (χ0) is 13.0. The predicted molar refractivity (Wildman–Crippen MR) is 71.0 cm³/mol. The highest BCUT2D eigenvalue weighted by Crippen LogP contribution is 2.22. The Hall–Kier alpha value is -1.39. The zero-order valence-electron chi connectivity index (χ0n) is 9.51. The first kappa shape index (κ1) is 13.1. The predicted octanol–water partition coefficient (Wildman–Crippen LogP) is 3.70. The minimum absolute atomic E-state index is 0.0884. The van der Waals surface area contributed by atoms with Crippen molar-refractivity contribution in [3.8, 4) is 5.75 Å². The van der Waals surface area contributed by atoms with Crippen LogP contribution >= 0.6 is 15.9 Å². The van der Waals surface area contributed by atoms with Gasteiger partial charge in [-0.1, -0.05) is 30.3 Å². The second-order valence-electron chi connectivity index (χ2n) is 3.81. The maximum absolute atomic E-state index is 13.2. The molecular formula is C14H12BrFO2. The Morgan fingerprint density at radius 3 is 2.56 bits per heavy atom. The van der Waals surface area contributed by atoms with E-state index < -0.39 is 6.10 Å². The molecule has 2 rings (SSSR count). The Morgan fingerprint density at radius 1 is 1.17 bits per heavy atom. The molecule has 1 unspecified atom stereocenters. The van der Waals surface area contributed by atoms with E-state index in [2.05, 4.69) is 15.9 Å². The molecule has 2 aromatic carbocycles. The molecule has 0 saturated heterocycles. The Bertz CT molecular complexity index is 516. The van der Waals surface area contributed by atoms with E-state index in [1.54, 1.807) is 12.1 Å². The number of aliphatic hydroxyl groups is 1. The van der Waals surface area contributed by atoms with Gasteiger partial charge in [-0.3, -0.25) is 0 Å². The molecule has 0 heterocycles. The average molecular weight is 311 g/mol. The highest BCUT2D eigenvalue weighted by molar-refractivity contribution is 9.10. The second kappa shape index (κ2) is 5.98. The zero-order valence-corrected chi connectivity index (χ0v) is 11.1. The van der Waals surface area contributed by atoms with Crippen molar-refractivity contribution in [3.63, 3.8) is 0 Å². The summed E-state index contributed by atoms with van der Waals surface area (Å²) in [5.41, 5.74) is 0.773. The van der Waals surface area contributed by atoms with Gasteiger partial charge in [0, 0.05) is 6.07 Å². The van der Waals surface area contributed by atoms with Crippen LogP contribution in [0.15, 0.2) is 53.0 Å². The van der Waals surface area contributed by atoms with Gasteiger partial charge in [-0.05, 0) is 33.6 Å². The molecule has 0 saturated carbocycles. The molecule has 0 fully saturated rings. The SMILES string of the molecule is OC(COc1ccc(Br)c(F)c1)c1ccccc1. The fraction of sp³-hybridized carbons (Fsp3) is 0.143. The van der Waals surface area contributed by atoms with Crippen molar-refractivity contribution in [2.24, 2.45) is 0 Å². The van der Waals surface area contributed by atoms with Crippen LogP contribution in [-0.2, 0) is 0 Å². The van der Waals surface area contributed by atoms with Crippen LogP contribution in [-0.4, -0.2) is 11.7 Å². The van der Waals surface area contributed by atoms with E-state index in [0.29, 0.717) is 10.2 Å². The number of ether oxygens (including phenoxy) is 1. The quantitative estimate of drug-likeness (QED) is 0.933. The highest BCUT2D eigenvalue weighted by atomic mass is 79.9. The molecule has 94 valence electrons. The molecule has 2 aromatic rings. The molecule has 0 aliphatic rings. The van der Waals surface area contributed by atoms with Gasteiger partial charge in [0.25, 0.3) is 0 Å². The molecule has 0 spiro atoms. The van der Waals surface area contributed by atoms with Gasteiger partial charge in [0.1, 0.15) is 24.3 Å². The summed E-state index contributed by atoms with van der Waals surface area (Å²) in [6, 6.07) is 13.7. The van der Waals surface area contributed by atoms with Crippen LogP contribution in [0.25, 0.3) is 0 Å². The number of benzene rings is 2. The highest BCUT2D eigenvalue weighted by Gasteiger charge is 2.08. The summed E-state index contributed by atoms with van der Waals surface area (Å²) in [5, 5.41) is 9.88. The number of halogens is 2. The topological polar surface area (TPSA) is 29.5 Å². The number of aliphatic hydroxyl groups excluding tert-OH is 1. The van der Waals surface area contributed by atoms with Gasteiger partial charge < -0.3 is 9.84 Å². The van der Waals surface area contributed by atoms with Gasteiger partial charge in [-0.15, -0.1) is 0 Å². The molecule has 0 aliphatic carbocycles. The molecule has 0 amide bonds. The third kappa shape index (κ3) is 3.31. The van der Waals surface area contributed by atoms with Gasteiger partial charge in [-0.25, -0.2) is 4.39 Å². The number of rotatable bonds is 4. The van der Waals surface area contributed by atoms with Crippen LogP contribution in [0.1, 0.15) is 11.7 Å². The molecule has 1 N–H and O–H groups in total. The molecule has 18 heavy (non-hydrogen) atoms. The monoisotopic (exact) mass is 310 g/mol. The van der Waals surface area contributed by atoms with Crippen LogP contribution in [0, 0.1) is 5.82 Å². The van der Waals surface area contributed by atoms with Crippen molar-refractivity contribution < 1.29 is 14.2 Å². The lowest BCUT2D eigenvalue weighted by Gasteiger charge is -2.12. The van der Waals surface area contributed by atoms with E-state index in [-0.39, 0.29) is 12.4 Å². The van der Waals surface area contributed by atoms with E-state index in [9.17, 15) is 9.50 Å². The van der Waals surface area contributed by atoms with Gasteiger partial charge in [-0.2, -0.15) is 0 Å². The molecule has 0 aliphatic heterocycles. The summed E-state index contributed by atoms with van der Waals surface area (Å²) in [4.78, 5) is 0. The van der Waals surface area contributed by atoms with Crippen molar-refractivity contribution in [2.45, 2.75) is 6.10 Å². The standard InChI is InChI=1S/C14H12BrFO2/c15-12-7-6-11(8-13(12)16)18-9-14(17)10-4-2-1-3-5-10/h1-8,14,17H,9H2. The lowest BCUT2D eigenvalue weighted by molar-refractivity contribution is 0.108. The van der Waals surface area contributed by atoms with Crippen molar-refractivity contribution in [2.75, 3.05) is 6.61 Å². The van der Waals surface area contributed by atoms with E-state index in [4.69, 9.17) is 4.74 Å². The first-order valence-electron chi connectivity index (χ1n) is 5.47. The molecular weight excluding hydrogens is 299 g/mol. The summed E-state index contributed by atoms with van der Waals surface area (Å²) in [7, 11) is 0. The van der Waals surface area contributed by atoms with E-state index in [0.717, 1.165) is 5.56 Å². The summed E-state index contributed by atoms with van der Waals surface area (Å²) >= 11 is 3.07. The van der Waals surface area contributed by atoms with Crippen LogP contribution in [0.3, 0.4) is 0 Å². The second-order valence-corrected chi connectivity index (χ2v) is 4.67. The minimum Gasteiger partial charge on any atom is -0.490 e. The first-order valence-corrected chi connectivity index (χ1v) is 6.27. The fourth-order valence-corrected chi connectivity index (χ4v) is 1.76. The van der Waals surface area contributed by atoms with Gasteiger partial charge in [0.05, 0.1) is 4.47 Å². The minimum atomic E-state index is -0.724. The Kier molecular flexibility index (Phi) is 4.33. The summed E-state index contributed by atoms with van der Waals surface area (Å²) < 4.78 is 19.0. The smallest absolute Gasteiger partial charge is 0.141 e. The Labute approximate surface area is 113 Å².